The summed E-state index contributed by atoms with van der Waals surface area (Å²) >= 11 is 2.05. The van der Waals surface area contributed by atoms with Crippen LogP contribution < -0.4 is 0 Å². The molecule has 0 aromatic carbocycles. The fourth-order valence-corrected chi connectivity index (χ4v) is 4.79. The van der Waals surface area contributed by atoms with E-state index in [1.807, 2.05) is 25.5 Å². The predicted molar refractivity (Wildman–Crippen MR) is 130 cm³/mol. The fourth-order valence-electron chi connectivity index (χ4n) is 2.98. The molecular weight excluding hydrogens is 529 g/mol. The molecule has 1 unspecified atom stereocenters. The van der Waals surface area contributed by atoms with Crippen molar-refractivity contribution < 1.29 is 23.5 Å². The number of aromatic nitrogens is 2. The largest absolute Gasteiger partial charge is 0.462 e. The number of rotatable bonds is 5. The van der Waals surface area contributed by atoms with Crippen LogP contribution in [0.3, 0.4) is 0 Å². The molecule has 0 saturated carbocycles. The zero-order valence-corrected chi connectivity index (χ0v) is 23.3. The van der Waals surface area contributed by atoms with Gasteiger partial charge in [0.1, 0.15) is 14.9 Å². The lowest BCUT2D eigenvalue weighted by molar-refractivity contribution is 0.0127. The monoisotopic (exact) mass is 565 g/mol. The van der Waals surface area contributed by atoms with Crippen LogP contribution >= 0.6 is 22.6 Å². The van der Waals surface area contributed by atoms with Crippen molar-refractivity contribution in [3.63, 3.8) is 0 Å². The smallest absolute Gasteiger partial charge is 0.410 e. The van der Waals surface area contributed by atoms with Gasteiger partial charge in [0.15, 0.2) is 8.32 Å². The molecule has 0 radical (unpaired) electrons. The van der Waals surface area contributed by atoms with Crippen LogP contribution in [0.5, 0.6) is 0 Å². The second kappa shape index (κ2) is 9.38. The number of hydrogen-bond donors (Lipinski definition) is 0. The van der Waals surface area contributed by atoms with Crippen LogP contribution in [0, 0.1) is 3.70 Å². The van der Waals surface area contributed by atoms with Gasteiger partial charge in [0.25, 0.3) is 0 Å². The number of hydrogen-bond acceptors (Lipinski definition) is 6. The van der Waals surface area contributed by atoms with Crippen molar-refractivity contribution >= 4 is 43.0 Å². The van der Waals surface area contributed by atoms with Crippen LogP contribution in [-0.2, 0) is 20.4 Å². The second-order valence-corrected chi connectivity index (χ2v) is 16.2. The van der Waals surface area contributed by atoms with Crippen LogP contribution in [0.15, 0.2) is 0 Å². The van der Waals surface area contributed by atoms with Gasteiger partial charge in [-0.25, -0.2) is 9.59 Å². The van der Waals surface area contributed by atoms with Crippen LogP contribution in [0.4, 0.5) is 4.79 Å². The average Bonchev–Trinajstić information content (AvgIpc) is 2.93. The number of ether oxygens (including phenoxy) is 2. The molecule has 1 aromatic rings. The van der Waals surface area contributed by atoms with E-state index in [1.165, 1.54) is 0 Å². The summed E-state index contributed by atoms with van der Waals surface area (Å²) in [4.78, 5) is 27.1. The molecule has 0 saturated heterocycles. The van der Waals surface area contributed by atoms with Crippen LogP contribution in [0.1, 0.15) is 70.6 Å². The van der Waals surface area contributed by atoms with Crippen molar-refractivity contribution in [2.45, 2.75) is 84.8 Å². The highest BCUT2D eigenvalue weighted by molar-refractivity contribution is 14.1. The topological polar surface area (TPSA) is 82.9 Å². The Morgan fingerprint density at radius 1 is 1.19 bits per heavy atom. The second-order valence-electron chi connectivity index (χ2n) is 10.4. The third-order valence-corrected chi connectivity index (χ3v) is 10.9. The minimum Gasteiger partial charge on any atom is -0.462 e. The Morgan fingerprint density at radius 2 is 1.81 bits per heavy atom. The third-order valence-electron chi connectivity index (χ3n) is 5.66. The average molecular weight is 566 g/mol. The number of carbonyl (C=O) groups is 2. The molecule has 0 aliphatic carbocycles. The summed E-state index contributed by atoms with van der Waals surface area (Å²) in [6.45, 7) is 19.5. The Morgan fingerprint density at radius 3 is 2.32 bits per heavy atom. The van der Waals surface area contributed by atoms with Crippen molar-refractivity contribution in [2.24, 2.45) is 0 Å². The maximum Gasteiger partial charge on any atom is 0.410 e. The molecule has 1 aliphatic heterocycles. The summed E-state index contributed by atoms with van der Waals surface area (Å²) in [6, 6.07) is -0.220. The lowest BCUT2D eigenvalue weighted by Gasteiger charge is -2.39. The van der Waals surface area contributed by atoms with E-state index in [-0.39, 0.29) is 24.2 Å². The van der Waals surface area contributed by atoms with Crippen molar-refractivity contribution in [2.75, 3.05) is 19.8 Å². The molecule has 176 valence electrons. The predicted octanol–water partition coefficient (Wildman–Crippen LogP) is 4.98. The van der Waals surface area contributed by atoms with Crippen LogP contribution in [0.2, 0.25) is 18.1 Å². The Labute approximate surface area is 200 Å². The quantitative estimate of drug-likeness (QED) is 0.285. The van der Waals surface area contributed by atoms with Gasteiger partial charge in [-0.15, -0.1) is 0 Å². The van der Waals surface area contributed by atoms with Gasteiger partial charge >= 0.3 is 12.1 Å². The lowest BCUT2D eigenvalue weighted by atomic mass is 10.1. The number of fused-ring (bicyclic) bond motifs is 1. The summed E-state index contributed by atoms with van der Waals surface area (Å²) < 4.78 is 19.7. The first-order chi connectivity index (χ1) is 14.1. The van der Waals surface area contributed by atoms with Gasteiger partial charge in [0, 0.05) is 6.54 Å². The number of halogens is 1. The number of nitrogens with zero attached hydrogens (tertiary/aromatic N) is 3. The van der Waals surface area contributed by atoms with Gasteiger partial charge in [-0.3, -0.25) is 4.68 Å². The van der Waals surface area contributed by atoms with E-state index in [9.17, 15) is 9.59 Å². The van der Waals surface area contributed by atoms with E-state index < -0.39 is 26.0 Å². The first kappa shape index (κ1) is 26.1. The highest BCUT2D eigenvalue weighted by Gasteiger charge is 2.40. The van der Waals surface area contributed by atoms with E-state index in [1.54, 1.807) is 11.8 Å². The molecule has 1 amide bonds. The number of esters is 1. The molecule has 2 rings (SSSR count). The van der Waals surface area contributed by atoms with E-state index in [0.717, 1.165) is 0 Å². The molecule has 1 atom stereocenters. The Balaban J connectivity index is 2.40. The van der Waals surface area contributed by atoms with Crippen molar-refractivity contribution in [3.05, 3.63) is 15.0 Å². The van der Waals surface area contributed by atoms with E-state index in [2.05, 4.69) is 61.6 Å². The summed E-state index contributed by atoms with van der Waals surface area (Å²) in [5.74, 6) is -0.428. The molecule has 0 bridgehead atoms. The SMILES string of the molecule is CCOC(=O)c1c(I)nn2c1CN(C(=O)OC(C)(C)C)CC2CO[Si](C)(C)C(C)(C)C. The Bertz CT molecular complexity index is 826. The highest BCUT2D eigenvalue weighted by Crippen LogP contribution is 2.38. The maximum absolute atomic E-state index is 12.9. The minimum absolute atomic E-state index is 0.0595. The van der Waals surface area contributed by atoms with Gasteiger partial charge in [0.2, 0.25) is 0 Å². The summed E-state index contributed by atoms with van der Waals surface area (Å²) in [7, 11) is -2.01. The summed E-state index contributed by atoms with van der Waals surface area (Å²) in [5, 5.41) is 4.69. The molecule has 1 aliphatic rings. The fraction of sp³-hybridized carbons (Fsp3) is 0.762. The standard InChI is InChI=1S/C21H36IN3O5Si/c1-10-28-18(26)16-15-12-24(19(27)30-20(2,3)4)11-14(25(15)23-17(16)22)13-29-31(8,9)21(5,6)7/h14H,10-13H2,1-9H3. The first-order valence-electron chi connectivity index (χ1n) is 10.6. The summed E-state index contributed by atoms with van der Waals surface area (Å²) in [5.41, 5.74) is 0.456. The van der Waals surface area contributed by atoms with Crippen molar-refractivity contribution in [3.8, 4) is 0 Å². The molecule has 0 fully saturated rings. The number of carbonyl (C=O) groups excluding carboxylic acids is 2. The van der Waals surface area contributed by atoms with E-state index >= 15 is 0 Å². The molecule has 10 heteroatoms. The maximum atomic E-state index is 12.9. The lowest BCUT2D eigenvalue weighted by Crippen LogP contribution is -2.47. The van der Waals surface area contributed by atoms with Gasteiger partial charge in [-0.2, -0.15) is 5.10 Å². The molecular formula is C21H36IN3O5Si. The van der Waals surface area contributed by atoms with Crippen LogP contribution in [0.25, 0.3) is 0 Å². The first-order valence-corrected chi connectivity index (χ1v) is 14.6. The highest BCUT2D eigenvalue weighted by atomic mass is 127. The molecule has 31 heavy (non-hydrogen) atoms. The van der Waals surface area contributed by atoms with Gasteiger partial charge in [-0.05, 0) is 68.4 Å². The van der Waals surface area contributed by atoms with E-state index in [0.29, 0.717) is 28.1 Å². The van der Waals surface area contributed by atoms with Crippen molar-refractivity contribution in [1.82, 2.24) is 14.7 Å². The molecule has 2 heterocycles. The number of amides is 1. The third kappa shape index (κ3) is 6.22. The molecule has 1 aromatic heterocycles. The Hall–Kier alpha value is -1.14. The normalized spacial score (nSPS) is 17.4. The molecule has 0 spiro atoms. The molecule has 0 N–H and O–H groups in total. The van der Waals surface area contributed by atoms with Crippen molar-refractivity contribution in [1.29, 1.82) is 0 Å². The Kier molecular flexibility index (Phi) is 7.90. The zero-order valence-electron chi connectivity index (χ0n) is 20.2. The van der Waals surface area contributed by atoms with Gasteiger partial charge in [-0.1, -0.05) is 20.8 Å². The van der Waals surface area contributed by atoms with Crippen LogP contribution in [-0.4, -0.2) is 60.4 Å². The minimum atomic E-state index is -2.01. The molecule has 8 nitrogen and oxygen atoms in total. The van der Waals surface area contributed by atoms with Gasteiger partial charge < -0.3 is 18.8 Å². The zero-order chi connectivity index (χ0) is 23.8. The van der Waals surface area contributed by atoms with Gasteiger partial charge in [0.05, 0.1) is 31.5 Å². The summed E-state index contributed by atoms with van der Waals surface area (Å²) in [6.07, 6.45) is -0.415. The van der Waals surface area contributed by atoms with E-state index in [4.69, 9.17) is 13.9 Å².